The van der Waals surface area contributed by atoms with E-state index in [1.165, 1.54) is 12.1 Å². The summed E-state index contributed by atoms with van der Waals surface area (Å²) < 4.78 is 38.3. The maximum atomic E-state index is 13.3. The van der Waals surface area contributed by atoms with E-state index < -0.39 is 15.9 Å². The Morgan fingerprint density at radius 2 is 1.72 bits per heavy atom. The molecule has 0 fully saturated rings. The predicted octanol–water partition coefficient (Wildman–Crippen LogP) is 3.58. The average Bonchev–Trinajstić information content (AvgIpc) is 3.26. The molecule has 0 aliphatic carbocycles. The van der Waals surface area contributed by atoms with Crippen molar-refractivity contribution in [2.45, 2.75) is 18.0 Å². The van der Waals surface area contributed by atoms with Gasteiger partial charge in [-0.3, -0.25) is 4.79 Å². The van der Waals surface area contributed by atoms with Crippen molar-refractivity contribution in [3.63, 3.8) is 0 Å². The first-order valence-corrected chi connectivity index (χ1v) is 11.7. The SMILES string of the molecule is O=C(CN(Cc1ccccc1)S(=O)(=O)c1cccc(Cl)c1)NCc1ccc2c(c1)OCO2. The summed E-state index contributed by atoms with van der Waals surface area (Å²) >= 11 is 6.00. The number of ether oxygens (including phenoxy) is 2. The molecule has 0 unspecified atom stereocenters. The fraction of sp³-hybridized carbons (Fsp3) is 0.174. The zero-order valence-electron chi connectivity index (χ0n) is 17.0. The quantitative estimate of drug-likeness (QED) is 0.541. The summed E-state index contributed by atoms with van der Waals surface area (Å²) in [5.74, 6) is 0.844. The van der Waals surface area contributed by atoms with Crippen LogP contribution in [-0.2, 0) is 27.9 Å². The van der Waals surface area contributed by atoms with Gasteiger partial charge in [-0.25, -0.2) is 8.42 Å². The second-order valence-corrected chi connectivity index (χ2v) is 9.55. The summed E-state index contributed by atoms with van der Waals surface area (Å²) in [6.45, 7) is 0.105. The minimum absolute atomic E-state index is 0.0319. The molecule has 0 spiro atoms. The lowest BCUT2D eigenvalue weighted by atomic mass is 10.2. The molecule has 4 rings (SSSR count). The van der Waals surface area contributed by atoms with E-state index in [0.29, 0.717) is 16.5 Å². The Morgan fingerprint density at radius 3 is 2.50 bits per heavy atom. The molecular weight excluding hydrogens is 452 g/mol. The number of nitrogens with zero attached hydrogens (tertiary/aromatic N) is 1. The molecule has 166 valence electrons. The van der Waals surface area contributed by atoms with Gasteiger partial charge in [0.15, 0.2) is 11.5 Å². The van der Waals surface area contributed by atoms with E-state index in [1.54, 1.807) is 24.3 Å². The fourth-order valence-corrected chi connectivity index (χ4v) is 4.94. The number of halogens is 1. The van der Waals surface area contributed by atoms with Gasteiger partial charge in [0, 0.05) is 18.1 Å². The van der Waals surface area contributed by atoms with Gasteiger partial charge in [-0.05, 0) is 41.5 Å². The van der Waals surface area contributed by atoms with Crippen molar-refractivity contribution in [1.29, 1.82) is 0 Å². The van der Waals surface area contributed by atoms with Gasteiger partial charge in [0.05, 0.1) is 11.4 Å². The third-order valence-electron chi connectivity index (χ3n) is 4.88. The highest BCUT2D eigenvalue weighted by atomic mass is 35.5. The highest BCUT2D eigenvalue weighted by Crippen LogP contribution is 2.32. The first-order chi connectivity index (χ1) is 15.4. The van der Waals surface area contributed by atoms with Gasteiger partial charge in [-0.15, -0.1) is 0 Å². The molecule has 1 heterocycles. The Balaban J connectivity index is 1.50. The topological polar surface area (TPSA) is 84.9 Å². The Morgan fingerprint density at radius 1 is 0.938 bits per heavy atom. The molecule has 1 aliphatic rings. The molecule has 1 aliphatic heterocycles. The molecule has 1 amide bonds. The van der Waals surface area contributed by atoms with E-state index in [2.05, 4.69) is 5.32 Å². The lowest BCUT2D eigenvalue weighted by Crippen LogP contribution is -2.40. The van der Waals surface area contributed by atoms with Crippen molar-refractivity contribution in [3.8, 4) is 11.5 Å². The summed E-state index contributed by atoms with van der Waals surface area (Å²) in [6, 6.07) is 20.5. The Hall–Kier alpha value is -3.07. The molecular formula is C23H21ClN2O5S. The molecule has 3 aromatic rings. The normalized spacial score (nSPS) is 12.7. The number of sulfonamides is 1. The van der Waals surface area contributed by atoms with Crippen molar-refractivity contribution < 1.29 is 22.7 Å². The summed E-state index contributed by atoms with van der Waals surface area (Å²) in [6.07, 6.45) is 0. The average molecular weight is 473 g/mol. The molecule has 0 radical (unpaired) electrons. The number of hydrogen-bond acceptors (Lipinski definition) is 5. The van der Waals surface area contributed by atoms with Gasteiger partial charge in [0.25, 0.3) is 0 Å². The number of carbonyl (C=O) groups excluding carboxylic acids is 1. The summed E-state index contributed by atoms with van der Waals surface area (Å²) in [7, 11) is -3.96. The van der Waals surface area contributed by atoms with Crippen LogP contribution in [0.1, 0.15) is 11.1 Å². The first-order valence-electron chi connectivity index (χ1n) is 9.87. The monoisotopic (exact) mass is 472 g/mol. The molecule has 7 nitrogen and oxygen atoms in total. The Labute approximate surface area is 191 Å². The molecule has 9 heteroatoms. The van der Waals surface area contributed by atoms with E-state index in [0.717, 1.165) is 15.4 Å². The molecule has 0 aromatic heterocycles. The number of fused-ring (bicyclic) bond motifs is 1. The summed E-state index contributed by atoms with van der Waals surface area (Å²) in [5, 5.41) is 3.08. The predicted molar refractivity (Wildman–Crippen MR) is 120 cm³/mol. The van der Waals surface area contributed by atoms with Crippen LogP contribution in [0, 0.1) is 0 Å². The molecule has 3 aromatic carbocycles. The van der Waals surface area contributed by atoms with Crippen molar-refractivity contribution in [1.82, 2.24) is 9.62 Å². The van der Waals surface area contributed by atoms with Crippen LogP contribution >= 0.6 is 11.6 Å². The minimum Gasteiger partial charge on any atom is -0.454 e. The largest absolute Gasteiger partial charge is 0.454 e. The van der Waals surface area contributed by atoms with E-state index in [4.69, 9.17) is 21.1 Å². The van der Waals surface area contributed by atoms with Crippen LogP contribution in [0.2, 0.25) is 5.02 Å². The van der Waals surface area contributed by atoms with Crippen molar-refractivity contribution in [3.05, 3.63) is 88.9 Å². The zero-order chi connectivity index (χ0) is 22.6. The van der Waals surface area contributed by atoms with Crippen LogP contribution in [0.5, 0.6) is 11.5 Å². The van der Waals surface area contributed by atoms with Gasteiger partial charge >= 0.3 is 0 Å². The Kier molecular flexibility index (Phi) is 6.64. The van der Waals surface area contributed by atoms with Gasteiger partial charge in [-0.2, -0.15) is 4.31 Å². The zero-order valence-corrected chi connectivity index (χ0v) is 18.6. The number of benzene rings is 3. The highest BCUT2D eigenvalue weighted by Gasteiger charge is 2.27. The maximum Gasteiger partial charge on any atom is 0.243 e. The molecule has 0 saturated heterocycles. The minimum atomic E-state index is -3.96. The van der Waals surface area contributed by atoms with Gasteiger partial charge in [0.1, 0.15) is 0 Å². The second kappa shape index (κ2) is 9.60. The van der Waals surface area contributed by atoms with E-state index >= 15 is 0 Å². The van der Waals surface area contributed by atoms with Crippen LogP contribution in [0.4, 0.5) is 0 Å². The Bertz CT molecular complexity index is 1220. The standard InChI is InChI=1S/C23H21ClN2O5S/c24-19-7-4-8-20(12-19)32(28,29)26(14-17-5-2-1-3-6-17)15-23(27)25-13-18-9-10-21-22(11-18)31-16-30-21/h1-12H,13-16H2,(H,25,27). The number of carbonyl (C=O) groups is 1. The van der Waals surface area contributed by atoms with E-state index in [1.807, 2.05) is 36.4 Å². The first kappa shape index (κ1) is 22.1. The summed E-state index contributed by atoms with van der Waals surface area (Å²) in [5.41, 5.74) is 1.58. The van der Waals surface area contributed by atoms with Crippen molar-refractivity contribution in [2.24, 2.45) is 0 Å². The molecule has 32 heavy (non-hydrogen) atoms. The lowest BCUT2D eigenvalue weighted by Gasteiger charge is -2.22. The number of amides is 1. The van der Waals surface area contributed by atoms with Gasteiger partial charge in [-0.1, -0.05) is 54.1 Å². The maximum absolute atomic E-state index is 13.3. The van der Waals surface area contributed by atoms with Crippen molar-refractivity contribution >= 4 is 27.5 Å². The van der Waals surface area contributed by atoms with E-state index in [9.17, 15) is 13.2 Å². The summed E-state index contributed by atoms with van der Waals surface area (Å²) in [4.78, 5) is 12.7. The van der Waals surface area contributed by atoms with Gasteiger partial charge in [0.2, 0.25) is 22.7 Å². The lowest BCUT2D eigenvalue weighted by molar-refractivity contribution is -0.121. The van der Waals surface area contributed by atoms with Crippen molar-refractivity contribution in [2.75, 3.05) is 13.3 Å². The van der Waals surface area contributed by atoms with Gasteiger partial charge < -0.3 is 14.8 Å². The molecule has 0 atom stereocenters. The van der Waals surface area contributed by atoms with Crippen LogP contribution in [-0.4, -0.2) is 32.0 Å². The van der Waals surface area contributed by atoms with Crippen LogP contribution in [0.25, 0.3) is 0 Å². The highest BCUT2D eigenvalue weighted by molar-refractivity contribution is 7.89. The second-order valence-electron chi connectivity index (χ2n) is 7.18. The van der Waals surface area contributed by atoms with Crippen LogP contribution in [0.3, 0.4) is 0 Å². The van der Waals surface area contributed by atoms with E-state index in [-0.39, 0.29) is 31.3 Å². The number of hydrogen-bond donors (Lipinski definition) is 1. The third kappa shape index (κ3) is 5.21. The van der Waals surface area contributed by atoms with Crippen LogP contribution < -0.4 is 14.8 Å². The van der Waals surface area contributed by atoms with Crippen LogP contribution in [0.15, 0.2) is 77.7 Å². The number of rotatable bonds is 8. The molecule has 0 saturated carbocycles. The third-order valence-corrected chi connectivity index (χ3v) is 6.91. The fourth-order valence-electron chi connectivity index (χ4n) is 3.26. The smallest absolute Gasteiger partial charge is 0.243 e. The molecule has 1 N–H and O–H groups in total. The molecule has 0 bridgehead atoms. The number of nitrogens with one attached hydrogen (secondary N) is 1.